The molecule has 0 spiro atoms. The number of hydrogen-bond donors (Lipinski definition) is 0. The summed E-state index contributed by atoms with van der Waals surface area (Å²) in [6.07, 6.45) is 2.05. The van der Waals surface area contributed by atoms with Crippen molar-refractivity contribution in [3.8, 4) is 11.4 Å². The number of alkyl halides is 3. The molecule has 4 atom stereocenters. The topological polar surface area (TPSA) is 82.7 Å². The van der Waals surface area contributed by atoms with Crippen LogP contribution < -0.4 is 9.80 Å². The molecule has 40 heavy (non-hydrogen) atoms. The van der Waals surface area contributed by atoms with Gasteiger partial charge in [-0.05, 0) is 45.1 Å². The number of hydrogen-bond acceptors (Lipinski definition) is 8. The molecular formula is C27H34F3N7O3. The van der Waals surface area contributed by atoms with E-state index in [-0.39, 0.29) is 24.4 Å². The lowest BCUT2D eigenvalue weighted by Crippen LogP contribution is -2.47. The van der Waals surface area contributed by atoms with Gasteiger partial charge in [0.1, 0.15) is 41.0 Å². The van der Waals surface area contributed by atoms with E-state index in [0.717, 1.165) is 42.6 Å². The predicted octanol–water partition coefficient (Wildman–Crippen LogP) is 4.15. The molecule has 4 aliphatic rings. The maximum absolute atomic E-state index is 13.9. The summed E-state index contributed by atoms with van der Waals surface area (Å²) in [5.74, 6) is 0.750. The zero-order chi connectivity index (χ0) is 27.4. The van der Waals surface area contributed by atoms with Crippen molar-refractivity contribution in [2.75, 3.05) is 49.4 Å². The number of aromatic nitrogens is 5. The summed E-state index contributed by atoms with van der Waals surface area (Å²) in [6.45, 7) is 4.27. The summed E-state index contributed by atoms with van der Waals surface area (Å²) in [5, 5.41) is 9.27. The molecule has 0 amide bonds. The van der Waals surface area contributed by atoms with Gasteiger partial charge in [0.15, 0.2) is 0 Å². The van der Waals surface area contributed by atoms with E-state index < -0.39 is 12.7 Å². The molecule has 4 saturated heterocycles. The third-order valence-corrected chi connectivity index (χ3v) is 8.47. The minimum absolute atomic E-state index is 0.0195. The zero-order valence-electron chi connectivity index (χ0n) is 22.5. The molecule has 0 radical (unpaired) electrons. The lowest BCUT2D eigenvalue weighted by atomic mass is 10.1. The van der Waals surface area contributed by atoms with E-state index in [2.05, 4.69) is 14.9 Å². The highest BCUT2D eigenvalue weighted by atomic mass is 19.4. The molecule has 3 aromatic heterocycles. The van der Waals surface area contributed by atoms with Crippen LogP contribution in [0.4, 0.5) is 24.7 Å². The van der Waals surface area contributed by atoms with Crippen LogP contribution in [0.2, 0.25) is 0 Å². The Hall–Kier alpha value is -2.90. The molecule has 0 saturated carbocycles. The molecule has 3 aromatic rings. The highest BCUT2D eigenvalue weighted by molar-refractivity contribution is 5.98. The number of anilines is 2. The van der Waals surface area contributed by atoms with Gasteiger partial charge in [-0.2, -0.15) is 23.4 Å². The quantitative estimate of drug-likeness (QED) is 0.460. The van der Waals surface area contributed by atoms with Crippen LogP contribution in [0.25, 0.3) is 22.4 Å². The Kier molecular flexibility index (Phi) is 6.62. The lowest BCUT2D eigenvalue weighted by molar-refractivity contribution is -0.141. The summed E-state index contributed by atoms with van der Waals surface area (Å²) >= 11 is 0. The molecule has 0 aromatic carbocycles. The fourth-order valence-electron chi connectivity index (χ4n) is 6.60. The number of halogens is 3. The zero-order valence-corrected chi connectivity index (χ0v) is 22.5. The monoisotopic (exact) mass is 561 g/mol. The highest BCUT2D eigenvalue weighted by Gasteiger charge is 2.40. The van der Waals surface area contributed by atoms with E-state index in [0.29, 0.717) is 67.7 Å². The maximum Gasteiger partial charge on any atom is 0.408 e. The molecule has 10 nitrogen and oxygen atoms in total. The van der Waals surface area contributed by atoms with Crippen LogP contribution >= 0.6 is 0 Å². The van der Waals surface area contributed by atoms with Gasteiger partial charge in [0.2, 0.25) is 0 Å². The second-order valence-corrected chi connectivity index (χ2v) is 11.3. The van der Waals surface area contributed by atoms with Crippen molar-refractivity contribution in [3.63, 3.8) is 0 Å². The van der Waals surface area contributed by atoms with Gasteiger partial charge in [-0.15, -0.1) is 0 Å². The Bertz CT molecular complexity index is 1350. The molecule has 3 unspecified atom stereocenters. The van der Waals surface area contributed by atoms with Crippen LogP contribution in [-0.4, -0.2) is 88.4 Å². The largest absolute Gasteiger partial charge is 0.408 e. The van der Waals surface area contributed by atoms with Gasteiger partial charge in [-0.3, -0.25) is 4.68 Å². The molecule has 2 bridgehead atoms. The van der Waals surface area contributed by atoms with Crippen LogP contribution in [0.3, 0.4) is 0 Å². The molecule has 7 heterocycles. The number of rotatable bonds is 5. The van der Waals surface area contributed by atoms with Crippen LogP contribution in [0, 0.1) is 0 Å². The average Bonchev–Trinajstić information content (AvgIpc) is 3.62. The Morgan fingerprint density at radius 1 is 1.00 bits per heavy atom. The fourth-order valence-corrected chi connectivity index (χ4v) is 6.60. The minimum Gasteiger partial charge on any atom is -0.377 e. The molecule has 13 heteroatoms. The minimum atomic E-state index is -4.46. The van der Waals surface area contributed by atoms with Crippen molar-refractivity contribution in [1.82, 2.24) is 24.5 Å². The summed E-state index contributed by atoms with van der Waals surface area (Å²) in [5.41, 5.74) is 2.32. The second kappa shape index (κ2) is 10.2. The maximum atomic E-state index is 13.9. The van der Waals surface area contributed by atoms with Crippen molar-refractivity contribution in [2.45, 2.75) is 76.1 Å². The van der Waals surface area contributed by atoms with Gasteiger partial charge >= 0.3 is 6.18 Å². The molecule has 4 fully saturated rings. The van der Waals surface area contributed by atoms with Crippen LogP contribution in [0.1, 0.15) is 45.3 Å². The number of pyridine rings is 1. The normalized spacial score (nSPS) is 27.6. The Morgan fingerprint density at radius 3 is 2.55 bits per heavy atom. The fraction of sp³-hybridized carbons (Fsp3) is 0.667. The molecule has 0 aliphatic carbocycles. The van der Waals surface area contributed by atoms with E-state index in [1.807, 2.05) is 19.2 Å². The van der Waals surface area contributed by atoms with E-state index in [1.165, 1.54) is 0 Å². The Labute approximate surface area is 230 Å². The second-order valence-electron chi connectivity index (χ2n) is 11.3. The van der Waals surface area contributed by atoms with Gasteiger partial charge in [0.25, 0.3) is 0 Å². The van der Waals surface area contributed by atoms with Crippen LogP contribution in [-0.2, 0) is 20.8 Å². The molecular weight excluding hydrogens is 527 g/mol. The van der Waals surface area contributed by atoms with Crippen molar-refractivity contribution in [1.29, 1.82) is 0 Å². The molecule has 7 rings (SSSR count). The third kappa shape index (κ3) is 4.71. The SMILES string of the molecule is C[C@@H]1COCCN1c1cc(N2C3CCC2COC3)nc2c(-c3ccn(C4CCCCO4)n3)nn(CC(F)(F)F)c12. The van der Waals surface area contributed by atoms with E-state index >= 15 is 0 Å². The van der Waals surface area contributed by atoms with Crippen molar-refractivity contribution in [3.05, 3.63) is 18.3 Å². The van der Waals surface area contributed by atoms with Crippen molar-refractivity contribution >= 4 is 22.5 Å². The predicted molar refractivity (Wildman–Crippen MR) is 141 cm³/mol. The van der Waals surface area contributed by atoms with Gasteiger partial charge < -0.3 is 24.0 Å². The Balaban J connectivity index is 1.41. The smallest absolute Gasteiger partial charge is 0.377 e. The van der Waals surface area contributed by atoms with Gasteiger partial charge in [-0.25, -0.2) is 9.67 Å². The van der Waals surface area contributed by atoms with Crippen molar-refractivity contribution < 1.29 is 27.4 Å². The number of nitrogens with zero attached hydrogens (tertiary/aromatic N) is 7. The van der Waals surface area contributed by atoms with Gasteiger partial charge in [0, 0.05) is 31.5 Å². The summed E-state index contributed by atoms with van der Waals surface area (Å²) in [7, 11) is 0. The van der Waals surface area contributed by atoms with E-state index in [4.69, 9.17) is 24.3 Å². The molecule has 0 N–H and O–H groups in total. The first-order chi connectivity index (χ1) is 19.4. The number of fused-ring (bicyclic) bond motifs is 3. The van der Waals surface area contributed by atoms with Crippen LogP contribution in [0.15, 0.2) is 18.3 Å². The van der Waals surface area contributed by atoms with Gasteiger partial charge in [0.05, 0.1) is 44.2 Å². The van der Waals surface area contributed by atoms with Crippen LogP contribution in [0.5, 0.6) is 0 Å². The van der Waals surface area contributed by atoms with Gasteiger partial charge in [-0.1, -0.05) is 0 Å². The first-order valence-corrected chi connectivity index (χ1v) is 14.2. The first kappa shape index (κ1) is 26.0. The highest BCUT2D eigenvalue weighted by Crippen LogP contribution is 2.41. The summed E-state index contributed by atoms with van der Waals surface area (Å²) in [6, 6.07) is 4.11. The number of morpholine rings is 2. The third-order valence-electron chi connectivity index (χ3n) is 8.47. The Morgan fingerprint density at radius 2 is 1.82 bits per heavy atom. The van der Waals surface area contributed by atoms with E-state index in [1.54, 1.807) is 10.7 Å². The van der Waals surface area contributed by atoms with Crippen molar-refractivity contribution in [2.24, 2.45) is 0 Å². The standard InChI is InChI=1S/C27H34F3N7O3/c1-17-13-38-11-9-34(17)21-12-22(37-18-5-6-19(37)15-39-14-18)31-25-24(33-36(26(21)25)16-27(28,29)30)20-7-8-35(32-20)23-4-2-3-10-40-23/h7-8,12,17-19,23H,2-6,9-11,13-16H2,1H3/t17-,18?,19?,23?/m1/s1. The first-order valence-electron chi connectivity index (χ1n) is 14.2. The average molecular weight is 562 g/mol. The summed E-state index contributed by atoms with van der Waals surface area (Å²) < 4.78 is 61.8. The van der Waals surface area contributed by atoms with E-state index in [9.17, 15) is 13.2 Å². The summed E-state index contributed by atoms with van der Waals surface area (Å²) in [4.78, 5) is 9.48. The lowest BCUT2D eigenvalue weighted by Gasteiger charge is -2.38. The molecule has 216 valence electrons. The molecule has 4 aliphatic heterocycles. The number of ether oxygens (including phenoxy) is 3.